The van der Waals surface area contributed by atoms with Gasteiger partial charge in [-0.15, -0.1) is 0 Å². The first-order valence-electron chi connectivity index (χ1n) is 3.28. The lowest BCUT2D eigenvalue weighted by molar-refractivity contribution is -0.105. The summed E-state index contributed by atoms with van der Waals surface area (Å²) in [6, 6.07) is 0. The predicted octanol–water partition coefficient (Wildman–Crippen LogP) is 0.164. The lowest BCUT2D eigenvalue weighted by Crippen LogP contribution is -2.19. The zero-order valence-corrected chi connectivity index (χ0v) is 6.14. The van der Waals surface area contributed by atoms with Gasteiger partial charge in [-0.05, 0) is 4.99 Å². The lowest BCUT2D eigenvalue weighted by Gasteiger charge is -1.84. The summed E-state index contributed by atoms with van der Waals surface area (Å²) in [6.07, 6.45) is 1.64. The third-order valence-corrected chi connectivity index (χ3v) is 1.42. The maximum Gasteiger partial charge on any atom is 0.297 e. The third-order valence-electron chi connectivity index (χ3n) is 1.42. The highest BCUT2D eigenvalue weighted by atomic mass is 16.1. The Morgan fingerprint density at radius 3 is 2.70 bits per heavy atom. The molecule has 1 aliphatic rings. The Morgan fingerprint density at radius 1 is 1.70 bits per heavy atom. The first kappa shape index (κ1) is 6.99. The lowest BCUT2D eigenvalue weighted by atomic mass is 10.4. The van der Waals surface area contributed by atoms with Gasteiger partial charge in [0.1, 0.15) is 0 Å². The highest BCUT2D eigenvalue weighted by Gasteiger charge is 2.22. The van der Waals surface area contributed by atoms with Crippen molar-refractivity contribution >= 4 is 12.1 Å². The van der Waals surface area contributed by atoms with Crippen LogP contribution in [0.1, 0.15) is 20.3 Å². The molecule has 0 unspecified atom stereocenters. The Kier molecular flexibility index (Phi) is 1.85. The maximum atomic E-state index is 10.3. The minimum absolute atomic E-state index is 0.594. The van der Waals surface area contributed by atoms with Gasteiger partial charge < -0.3 is 0 Å². The fourth-order valence-electron chi connectivity index (χ4n) is 0.819. The SMILES string of the molecule is CCC1=[N+]C(C)=C(C=O)N1. The fraction of sp³-hybridized carbons (Fsp3) is 0.429. The van der Waals surface area contributed by atoms with E-state index in [9.17, 15) is 4.79 Å². The molecule has 3 heteroatoms. The number of aliphatic imine (C=N–C) groups is 1. The number of carbonyl (C=O) groups excluding carboxylic acids is 1. The average Bonchev–Trinajstić information content (AvgIpc) is 2.30. The highest BCUT2D eigenvalue weighted by molar-refractivity contribution is 5.92. The minimum atomic E-state index is 0.594. The zero-order valence-electron chi connectivity index (χ0n) is 6.14. The van der Waals surface area contributed by atoms with Crippen LogP contribution in [0, 0.1) is 0 Å². The van der Waals surface area contributed by atoms with Gasteiger partial charge in [0.15, 0.2) is 12.0 Å². The first-order chi connectivity index (χ1) is 4.77. The fourth-order valence-corrected chi connectivity index (χ4v) is 0.819. The topological polar surface area (TPSA) is 43.2 Å². The van der Waals surface area contributed by atoms with Crippen LogP contribution >= 0.6 is 0 Å². The number of nitrogens with one attached hydrogen (secondary N) is 1. The van der Waals surface area contributed by atoms with Gasteiger partial charge in [0.05, 0.1) is 6.42 Å². The van der Waals surface area contributed by atoms with Gasteiger partial charge in [0, 0.05) is 6.92 Å². The van der Waals surface area contributed by atoms with E-state index < -0.39 is 0 Å². The van der Waals surface area contributed by atoms with E-state index in [0.29, 0.717) is 5.70 Å². The van der Waals surface area contributed by atoms with Crippen molar-refractivity contribution in [2.75, 3.05) is 0 Å². The molecule has 1 rings (SSSR count). The van der Waals surface area contributed by atoms with Gasteiger partial charge >= 0.3 is 0 Å². The van der Waals surface area contributed by atoms with Crippen molar-refractivity contribution in [2.24, 2.45) is 0 Å². The smallest absolute Gasteiger partial charge is 0.294 e. The van der Waals surface area contributed by atoms with Crippen LogP contribution in [0.15, 0.2) is 11.4 Å². The molecular formula is C7H10N2O+. The minimum Gasteiger partial charge on any atom is -0.294 e. The first-order valence-corrected chi connectivity index (χ1v) is 3.28. The number of hydrogen-bond donors (Lipinski definition) is 1. The van der Waals surface area contributed by atoms with Crippen molar-refractivity contribution in [3.05, 3.63) is 11.4 Å². The normalized spacial score (nSPS) is 16.8. The van der Waals surface area contributed by atoms with Gasteiger partial charge in [0.25, 0.3) is 5.84 Å². The Bertz CT molecular complexity index is 216. The van der Waals surface area contributed by atoms with Crippen LogP contribution in [0.5, 0.6) is 0 Å². The summed E-state index contributed by atoms with van der Waals surface area (Å²) in [5.41, 5.74) is 1.38. The van der Waals surface area contributed by atoms with E-state index in [1.54, 1.807) is 0 Å². The Labute approximate surface area is 59.8 Å². The van der Waals surface area contributed by atoms with Gasteiger partial charge in [-0.25, -0.2) is 5.32 Å². The molecule has 0 aromatic carbocycles. The van der Waals surface area contributed by atoms with Crippen LogP contribution in [0.2, 0.25) is 0 Å². The third kappa shape index (κ3) is 1.07. The van der Waals surface area contributed by atoms with Gasteiger partial charge in [-0.2, -0.15) is 0 Å². The summed E-state index contributed by atoms with van der Waals surface area (Å²) in [4.78, 5) is 14.4. The summed E-state index contributed by atoms with van der Waals surface area (Å²) in [7, 11) is 0. The van der Waals surface area contributed by atoms with Crippen LogP contribution in [0.25, 0.3) is 0 Å². The Morgan fingerprint density at radius 2 is 2.40 bits per heavy atom. The molecule has 0 aromatic heterocycles. The van der Waals surface area contributed by atoms with E-state index in [0.717, 1.165) is 24.2 Å². The molecule has 1 radical (unpaired) electrons. The largest absolute Gasteiger partial charge is 0.297 e. The van der Waals surface area contributed by atoms with Crippen molar-refractivity contribution in [1.82, 2.24) is 10.3 Å². The summed E-state index contributed by atoms with van der Waals surface area (Å²) in [6.45, 7) is 3.81. The van der Waals surface area contributed by atoms with E-state index in [1.165, 1.54) is 0 Å². The van der Waals surface area contributed by atoms with E-state index in [4.69, 9.17) is 0 Å². The molecular weight excluding hydrogens is 128 g/mol. The van der Waals surface area contributed by atoms with E-state index in [1.807, 2.05) is 13.8 Å². The number of allylic oxidation sites excluding steroid dienone is 2. The standard InChI is InChI=1S/C7H10N2O/c1-3-7-8-5(2)6(4-10)9-7/h4,9H,3H2,1-2H3/q+1. The summed E-state index contributed by atoms with van der Waals surface area (Å²) in [5, 5.41) is 2.90. The molecule has 0 spiro atoms. The molecule has 0 saturated heterocycles. The van der Waals surface area contributed by atoms with Crippen molar-refractivity contribution < 1.29 is 4.79 Å². The number of nitrogens with zero attached hydrogens (tertiary/aromatic N) is 1. The molecule has 0 atom stereocenters. The van der Waals surface area contributed by atoms with Gasteiger partial charge in [0.2, 0.25) is 5.70 Å². The van der Waals surface area contributed by atoms with Crippen molar-refractivity contribution in [1.29, 1.82) is 0 Å². The Balaban J connectivity index is 2.73. The number of hydrogen-bond acceptors (Lipinski definition) is 3. The van der Waals surface area contributed by atoms with Crippen LogP contribution < -0.4 is 10.3 Å². The second-order valence-electron chi connectivity index (χ2n) is 2.15. The van der Waals surface area contributed by atoms with Crippen LogP contribution in [-0.4, -0.2) is 12.1 Å². The molecule has 0 bridgehead atoms. The monoisotopic (exact) mass is 138 g/mol. The maximum absolute atomic E-state index is 10.3. The molecule has 0 amide bonds. The van der Waals surface area contributed by atoms with Crippen molar-refractivity contribution in [3.8, 4) is 0 Å². The summed E-state index contributed by atoms with van der Waals surface area (Å²) < 4.78 is 0. The van der Waals surface area contributed by atoms with Crippen LogP contribution in [0.3, 0.4) is 0 Å². The van der Waals surface area contributed by atoms with Gasteiger partial charge in [-0.3, -0.25) is 4.79 Å². The van der Waals surface area contributed by atoms with Crippen LogP contribution in [0.4, 0.5) is 0 Å². The van der Waals surface area contributed by atoms with E-state index in [2.05, 4.69) is 10.3 Å². The molecule has 3 nitrogen and oxygen atoms in total. The van der Waals surface area contributed by atoms with E-state index >= 15 is 0 Å². The molecule has 0 saturated carbocycles. The average molecular weight is 138 g/mol. The second-order valence-corrected chi connectivity index (χ2v) is 2.15. The predicted molar refractivity (Wildman–Crippen MR) is 39.3 cm³/mol. The van der Waals surface area contributed by atoms with Crippen molar-refractivity contribution in [3.63, 3.8) is 0 Å². The number of amidine groups is 1. The highest BCUT2D eigenvalue weighted by Crippen LogP contribution is 2.00. The Hall–Kier alpha value is -1.12. The molecule has 0 fully saturated rings. The summed E-state index contributed by atoms with van der Waals surface area (Å²) >= 11 is 0. The molecule has 0 aliphatic carbocycles. The molecule has 1 aliphatic heterocycles. The van der Waals surface area contributed by atoms with E-state index in [-0.39, 0.29) is 0 Å². The molecule has 0 aromatic rings. The quantitative estimate of drug-likeness (QED) is 0.552. The molecule has 1 heterocycles. The number of rotatable bonds is 2. The van der Waals surface area contributed by atoms with Crippen molar-refractivity contribution in [2.45, 2.75) is 20.3 Å². The summed E-state index contributed by atoms with van der Waals surface area (Å²) in [5.74, 6) is 0.875. The van der Waals surface area contributed by atoms with Gasteiger partial charge in [-0.1, -0.05) is 6.92 Å². The molecule has 10 heavy (non-hydrogen) atoms. The van der Waals surface area contributed by atoms with Crippen LogP contribution in [-0.2, 0) is 4.79 Å². The zero-order chi connectivity index (χ0) is 7.56. The molecule has 1 N–H and O–H groups in total. The molecule has 53 valence electrons. The second kappa shape index (κ2) is 2.64. The number of carbonyl (C=O) groups is 1. The number of aldehydes is 1.